The van der Waals surface area contributed by atoms with E-state index in [0.29, 0.717) is 18.7 Å². The standard InChI is InChI=1S/C9H17NO3/c1-3-7-13-9(12)8(10-2)5-4-6-11/h5,10-11H,3-4,6-7H2,1-2H3/b8-5-. The predicted molar refractivity (Wildman–Crippen MR) is 50.1 cm³/mol. The second kappa shape index (κ2) is 7.61. The van der Waals surface area contributed by atoms with E-state index in [2.05, 4.69) is 5.32 Å². The average Bonchev–Trinajstić information content (AvgIpc) is 2.16. The molecule has 0 saturated heterocycles. The van der Waals surface area contributed by atoms with Crippen molar-refractivity contribution in [2.75, 3.05) is 20.3 Å². The van der Waals surface area contributed by atoms with Crippen molar-refractivity contribution in [2.45, 2.75) is 19.8 Å². The molecule has 2 N–H and O–H groups in total. The third kappa shape index (κ3) is 5.25. The summed E-state index contributed by atoms with van der Waals surface area (Å²) in [5.74, 6) is -0.363. The molecule has 4 heteroatoms. The molecule has 0 amide bonds. The van der Waals surface area contributed by atoms with Crippen LogP contribution in [0.15, 0.2) is 11.8 Å². The van der Waals surface area contributed by atoms with Crippen LogP contribution in [-0.2, 0) is 9.53 Å². The molecule has 0 saturated carbocycles. The molecule has 0 bridgehead atoms. The molecule has 0 aromatic rings. The highest BCUT2D eigenvalue weighted by atomic mass is 16.5. The molecule has 0 fully saturated rings. The van der Waals surface area contributed by atoms with Crippen LogP contribution in [0.25, 0.3) is 0 Å². The third-order valence-corrected chi connectivity index (χ3v) is 1.40. The van der Waals surface area contributed by atoms with Gasteiger partial charge >= 0.3 is 5.97 Å². The van der Waals surface area contributed by atoms with E-state index in [0.717, 1.165) is 6.42 Å². The summed E-state index contributed by atoms with van der Waals surface area (Å²) in [5.41, 5.74) is 0.405. The lowest BCUT2D eigenvalue weighted by molar-refractivity contribution is -0.139. The molecule has 4 nitrogen and oxygen atoms in total. The van der Waals surface area contributed by atoms with E-state index in [4.69, 9.17) is 9.84 Å². The van der Waals surface area contributed by atoms with Gasteiger partial charge in [-0.15, -0.1) is 0 Å². The number of nitrogens with one attached hydrogen (secondary N) is 1. The maximum absolute atomic E-state index is 11.2. The quantitative estimate of drug-likeness (QED) is 0.467. The fourth-order valence-corrected chi connectivity index (χ4v) is 0.769. The molecule has 0 atom stereocenters. The van der Waals surface area contributed by atoms with Crippen molar-refractivity contribution in [1.82, 2.24) is 5.32 Å². The van der Waals surface area contributed by atoms with Crippen molar-refractivity contribution in [2.24, 2.45) is 0 Å². The number of aliphatic hydroxyl groups excluding tert-OH is 1. The molecular formula is C9H17NO3. The minimum Gasteiger partial charge on any atom is -0.461 e. The zero-order valence-corrected chi connectivity index (χ0v) is 8.17. The van der Waals surface area contributed by atoms with Gasteiger partial charge < -0.3 is 15.2 Å². The highest BCUT2D eigenvalue weighted by molar-refractivity contribution is 5.87. The molecule has 0 aromatic carbocycles. The first-order valence-electron chi connectivity index (χ1n) is 4.42. The Kier molecular flexibility index (Phi) is 7.01. The Labute approximate surface area is 78.6 Å². The van der Waals surface area contributed by atoms with Gasteiger partial charge in [0.15, 0.2) is 0 Å². The zero-order chi connectivity index (χ0) is 10.1. The Hall–Kier alpha value is -1.03. The van der Waals surface area contributed by atoms with Crippen LogP contribution < -0.4 is 5.32 Å². The number of hydrogen-bond donors (Lipinski definition) is 2. The molecule has 0 rings (SSSR count). The molecule has 0 radical (unpaired) electrons. The summed E-state index contributed by atoms with van der Waals surface area (Å²) in [5, 5.41) is 11.3. The lowest BCUT2D eigenvalue weighted by atomic mass is 10.3. The van der Waals surface area contributed by atoms with Crippen molar-refractivity contribution in [3.63, 3.8) is 0 Å². The van der Waals surface area contributed by atoms with E-state index in [1.54, 1.807) is 13.1 Å². The summed E-state index contributed by atoms with van der Waals surface area (Å²) in [6.07, 6.45) is 2.89. The van der Waals surface area contributed by atoms with Crippen molar-refractivity contribution in [3.8, 4) is 0 Å². The average molecular weight is 187 g/mol. The van der Waals surface area contributed by atoms with Gasteiger partial charge in [0.25, 0.3) is 0 Å². The van der Waals surface area contributed by atoms with E-state index in [9.17, 15) is 4.79 Å². The van der Waals surface area contributed by atoms with Gasteiger partial charge in [0.2, 0.25) is 0 Å². The molecule has 0 aromatic heterocycles. The summed E-state index contributed by atoms with van der Waals surface area (Å²) in [4.78, 5) is 11.2. The number of aliphatic hydroxyl groups is 1. The minimum absolute atomic E-state index is 0.0340. The van der Waals surface area contributed by atoms with E-state index in [1.165, 1.54) is 0 Å². The van der Waals surface area contributed by atoms with Crippen LogP contribution in [0, 0.1) is 0 Å². The summed E-state index contributed by atoms with van der Waals surface area (Å²) in [6.45, 7) is 2.40. The first kappa shape index (κ1) is 12.0. The molecule has 0 spiro atoms. The van der Waals surface area contributed by atoms with E-state index in [1.807, 2.05) is 6.92 Å². The smallest absolute Gasteiger partial charge is 0.354 e. The highest BCUT2D eigenvalue weighted by Gasteiger charge is 2.07. The van der Waals surface area contributed by atoms with Gasteiger partial charge in [0, 0.05) is 13.7 Å². The van der Waals surface area contributed by atoms with Crippen LogP contribution in [-0.4, -0.2) is 31.3 Å². The normalized spacial score (nSPS) is 11.2. The number of rotatable bonds is 6. The number of hydrogen-bond acceptors (Lipinski definition) is 4. The van der Waals surface area contributed by atoms with Crippen LogP contribution in [0.5, 0.6) is 0 Å². The number of carbonyl (C=O) groups is 1. The largest absolute Gasteiger partial charge is 0.461 e. The first-order valence-corrected chi connectivity index (χ1v) is 4.42. The molecule has 0 aliphatic carbocycles. The SMILES string of the molecule is CCCOC(=O)/C(=C/CCO)NC. The number of likely N-dealkylation sites (N-methyl/N-ethyl adjacent to an activating group) is 1. The van der Waals surface area contributed by atoms with Crippen LogP contribution in [0.3, 0.4) is 0 Å². The Bertz CT molecular complexity index is 178. The molecule has 0 unspecified atom stereocenters. The lowest BCUT2D eigenvalue weighted by Gasteiger charge is -2.06. The van der Waals surface area contributed by atoms with E-state index < -0.39 is 0 Å². The Morgan fingerprint density at radius 2 is 2.31 bits per heavy atom. The predicted octanol–water partition coefficient (Wildman–Crippen LogP) is 0.425. The van der Waals surface area contributed by atoms with Crippen molar-refractivity contribution < 1.29 is 14.6 Å². The van der Waals surface area contributed by atoms with Crippen molar-refractivity contribution >= 4 is 5.97 Å². The lowest BCUT2D eigenvalue weighted by Crippen LogP contribution is -2.19. The van der Waals surface area contributed by atoms with Gasteiger partial charge in [-0.1, -0.05) is 13.0 Å². The fraction of sp³-hybridized carbons (Fsp3) is 0.667. The van der Waals surface area contributed by atoms with Gasteiger partial charge in [-0.25, -0.2) is 4.79 Å². The Morgan fingerprint density at radius 3 is 2.77 bits per heavy atom. The topological polar surface area (TPSA) is 58.6 Å². The summed E-state index contributed by atoms with van der Waals surface area (Å²) < 4.78 is 4.89. The summed E-state index contributed by atoms with van der Waals surface area (Å²) in [7, 11) is 1.65. The number of ether oxygens (including phenoxy) is 1. The fourth-order valence-electron chi connectivity index (χ4n) is 0.769. The first-order chi connectivity index (χ1) is 6.26. The van der Waals surface area contributed by atoms with Gasteiger partial charge in [-0.3, -0.25) is 0 Å². The van der Waals surface area contributed by atoms with E-state index in [-0.39, 0.29) is 12.6 Å². The zero-order valence-electron chi connectivity index (χ0n) is 8.17. The van der Waals surface area contributed by atoms with Crippen LogP contribution >= 0.6 is 0 Å². The van der Waals surface area contributed by atoms with Crippen LogP contribution in [0.1, 0.15) is 19.8 Å². The molecular weight excluding hydrogens is 170 g/mol. The van der Waals surface area contributed by atoms with Gasteiger partial charge in [-0.2, -0.15) is 0 Å². The Balaban J connectivity index is 3.99. The van der Waals surface area contributed by atoms with Crippen molar-refractivity contribution in [3.05, 3.63) is 11.8 Å². The second-order valence-corrected chi connectivity index (χ2v) is 2.52. The second-order valence-electron chi connectivity index (χ2n) is 2.52. The van der Waals surface area contributed by atoms with Gasteiger partial charge in [0.1, 0.15) is 5.70 Å². The highest BCUT2D eigenvalue weighted by Crippen LogP contribution is 1.96. The van der Waals surface area contributed by atoms with Crippen LogP contribution in [0.4, 0.5) is 0 Å². The summed E-state index contributed by atoms with van der Waals surface area (Å²) in [6, 6.07) is 0. The number of carbonyl (C=O) groups excluding carboxylic acids is 1. The minimum atomic E-state index is -0.363. The maximum Gasteiger partial charge on any atom is 0.354 e. The molecule has 76 valence electrons. The van der Waals surface area contributed by atoms with E-state index >= 15 is 0 Å². The molecule has 0 heterocycles. The molecule has 0 aliphatic rings. The van der Waals surface area contributed by atoms with Crippen LogP contribution in [0.2, 0.25) is 0 Å². The monoisotopic (exact) mass is 187 g/mol. The molecule has 0 aliphatic heterocycles. The third-order valence-electron chi connectivity index (χ3n) is 1.40. The maximum atomic E-state index is 11.2. The Morgan fingerprint density at radius 1 is 1.62 bits per heavy atom. The van der Waals surface area contributed by atoms with Crippen molar-refractivity contribution in [1.29, 1.82) is 0 Å². The van der Waals surface area contributed by atoms with Gasteiger partial charge in [-0.05, 0) is 12.8 Å². The van der Waals surface area contributed by atoms with Gasteiger partial charge in [0.05, 0.1) is 6.61 Å². The molecule has 13 heavy (non-hydrogen) atoms. The summed E-state index contributed by atoms with van der Waals surface area (Å²) >= 11 is 0. The number of esters is 1.